The normalized spacial score (nSPS) is 11.4. The van der Waals surface area contributed by atoms with Crippen LogP contribution in [0.4, 0.5) is 0 Å². The summed E-state index contributed by atoms with van der Waals surface area (Å²) in [6.45, 7) is 0. The monoisotopic (exact) mass is 460 g/mol. The molecule has 6 rings (SSSR count). The Labute approximate surface area is 190 Å². The molecule has 4 aromatic heterocycles. The maximum Gasteiger partial charge on any atom is 0.191 e. The van der Waals surface area contributed by atoms with E-state index >= 15 is 0 Å². The Kier molecular flexibility index (Phi) is 4.48. The van der Waals surface area contributed by atoms with Crippen molar-refractivity contribution in [2.75, 3.05) is 14.2 Å². The summed E-state index contributed by atoms with van der Waals surface area (Å²) in [6.07, 6.45) is 0. The van der Waals surface area contributed by atoms with Crippen molar-refractivity contribution >= 4 is 43.1 Å². The molecule has 8 heteroatoms. The first-order chi connectivity index (χ1) is 15.8. The highest BCUT2D eigenvalue weighted by Crippen LogP contribution is 2.47. The van der Waals surface area contributed by atoms with Crippen LogP contribution in [0.1, 0.15) is 0 Å². The van der Waals surface area contributed by atoms with Crippen molar-refractivity contribution in [2.45, 2.75) is 0 Å². The van der Waals surface area contributed by atoms with E-state index in [4.69, 9.17) is 18.3 Å². The summed E-state index contributed by atoms with van der Waals surface area (Å²) in [5.41, 5.74) is 7.14. The number of aromatic nitrogens is 2. The fourth-order valence-corrected chi connectivity index (χ4v) is 5.23. The minimum Gasteiger partial charge on any atom is -0.497 e. The molecule has 0 spiro atoms. The second-order valence-electron chi connectivity index (χ2n) is 7.04. The number of rotatable bonds is 5. The molecule has 0 atom stereocenters. The van der Waals surface area contributed by atoms with Gasteiger partial charge in [-0.25, -0.2) is 9.97 Å². The summed E-state index contributed by atoms with van der Waals surface area (Å²) in [5.74, 6) is 4.33. The molecule has 0 unspecified atom stereocenters. The number of fused-ring (bicyclic) bond motifs is 2. The average Bonchev–Trinajstić information content (AvgIpc) is 3.61. The highest BCUT2D eigenvalue weighted by Gasteiger charge is 2.26. The predicted octanol–water partition coefficient (Wildman–Crippen LogP) is 7.11. The van der Waals surface area contributed by atoms with Crippen LogP contribution in [-0.2, 0) is 0 Å². The zero-order valence-corrected chi connectivity index (χ0v) is 18.8. The molecule has 0 aliphatic rings. The van der Waals surface area contributed by atoms with Crippen molar-refractivity contribution in [3.63, 3.8) is 0 Å². The van der Waals surface area contributed by atoms with Gasteiger partial charge in [-0.3, -0.25) is 0 Å². The Bertz CT molecular complexity index is 1420. The maximum absolute atomic E-state index is 6.39. The van der Waals surface area contributed by atoms with Crippen molar-refractivity contribution in [3.8, 4) is 45.7 Å². The topological polar surface area (TPSA) is 70.5 Å². The van der Waals surface area contributed by atoms with Crippen molar-refractivity contribution < 1.29 is 18.3 Å². The zero-order valence-electron chi connectivity index (χ0n) is 17.1. The Morgan fingerprint density at radius 2 is 1.00 bits per heavy atom. The molecule has 0 aliphatic heterocycles. The van der Waals surface area contributed by atoms with Crippen LogP contribution in [-0.4, -0.2) is 24.2 Å². The number of nitrogens with zero attached hydrogens (tertiary/aromatic N) is 2. The van der Waals surface area contributed by atoms with Gasteiger partial charge in [0.2, 0.25) is 0 Å². The largest absolute Gasteiger partial charge is 0.497 e. The SMILES string of the molecule is COc1ccc(-c2oc(-c3oc(-c4ccc(OC)cc4)c4ncsc34)c3scnc23)cc1. The third-order valence-electron chi connectivity index (χ3n) is 5.30. The lowest BCUT2D eigenvalue weighted by atomic mass is 10.1. The lowest BCUT2D eigenvalue weighted by Gasteiger charge is -2.01. The highest BCUT2D eigenvalue weighted by atomic mass is 32.1. The first kappa shape index (κ1) is 19.1. The molecule has 158 valence electrons. The lowest BCUT2D eigenvalue weighted by Crippen LogP contribution is -1.82. The quantitative estimate of drug-likeness (QED) is 0.273. The van der Waals surface area contributed by atoms with E-state index in [1.165, 1.54) is 22.7 Å². The van der Waals surface area contributed by atoms with Gasteiger partial charge in [-0.05, 0) is 48.5 Å². The minimum atomic E-state index is 0.669. The molecule has 2 aromatic carbocycles. The number of hydrogen-bond acceptors (Lipinski definition) is 8. The van der Waals surface area contributed by atoms with Gasteiger partial charge in [0.05, 0.1) is 25.2 Å². The van der Waals surface area contributed by atoms with Gasteiger partial charge < -0.3 is 18.3 Å². The van der Waals surface area contributed by atoms with Gasteiger partial charge in [-0.15, -0.1) is 22.7 Å². The second kappa shape index (κ2) is 7.51. The minimum absolute atomic E-state index is 0.669. The Hall–Kier alpha value is -3.62. The third-order valence-corrected chi connectivity index (χ3v) is 6.95. The van der Waals surface area contributed by atoms with Crippen molar-refractivity contribution in [3.05, 3.63) is 59.6 Å². The van der Waals surface area contributed by atoms with Gasteiger partial charge in [-0.1, -0.05) is 0 Å². The molecular weight excluding hydrogens is 444 g/mol. The Morgan fingerprint density at radius 1 is 0.594 bits per heavy atom. The van der Waals surface area contributed by atoms with E-state index in [-0.39, 0.29) is 0 Å². The fourth-order valence-electron chi connectivity index (χ4n) is 3.71. The molecule has 0 saturated carbocycles. The molecular formula is C24H16N2O4S2. The molecule has 0 fully saturated rings. The van der Waals surface area contributed by atoms with Crippen LogP contribution in [0, 0.1) is 0 Å². The van der Waals surface area contributed by atoms with Crippen molar-refractivity contribution in [1.82, 2.24) is 9.97 Å². The predicted molar refractivity (Wildman–Crippen MR) is 127 cm³/mol. The maximum atomic E-state index is 6.39. The molecule has 6 aromatic rings. The molecule has 0 radical (unpaired) electrons. The van der Waals surface area contributed by atoms with Crippen molar-refractivity contribution in [1.29, 1.82) is 0 Å². The van der Waals surface area contributed by atoms with Gasteiger partial charge in [0, 0.05) is 11.1 Å². The average molecular weight is 461 g/mol. The third kappa shape index (κ3) is 2.91. The summed E-state index contributed by atoms with van der Waals surface area (Å²) in [6, 6.07) is 15.5. The summed E-state index contributed by atoms with van der Waals surface area (Å²) < 4.78 is 25.2. The number of ether oxygens (including phenoxy) is 2. The number of benzene rings is 2. The van der Waals surface area contributed by atoms with E-state index in [0.717, 1.165) is 43.1 Å². The summed E-state index contributed by atoms with van der Waals surface area (Å²) >= 11 is 3.06. The van der Waals surface area contributed by atoms with E-state index in [1.54, 1.807) is 14.2 Å². The fraction of sp³-hybridized carbons (Fsp3) is 0.0833. The van der Waals surface area contributed by atoms with E-state index < -0.39 is 0 Å². The first-order valence-corrected chi connectivity index (χ1v) is 11.5. The summed E-state index contributed by atoms with van der Waals surface area (Å²) in [5, 5.41) is 0. The second-order valence-corrected chi connectivity index (χ2v) is 8.75. The number of furan rings is 2. The number of hydrogen-bond donors (Lipinski definition) is 0. The summed E-state index contributed by atoms with van der Waals surface area (Å²) in [4.78, 5) is 9.12. The highest BCUT2D eigenvalue weighted by molar-refractivity contribution is 7.18. The molecule has 32 heavy (non-hydrogen) atoms. The standard InChI is InChI=1S/C24H16N2O4S2/c1-27-15-7-3-13(4-8-15)19-17-23(31-11-25-17)21(29-19)22-24-18(26-12-32-24)20(30-22)14-5-9-16(28-2)10-6-14/h3-12H,1-2H3. The van der Waals surface area contributed by atoms with Gasteiger partial charge >= 0.3 is 0 Å². The van der Waals surface area contributed by atoms with Gasteiger partial charge in [0.1, 0.15) is 31.9 Å². The number of methoxy groups -OCH3 is 2. The van der Waals surface area contributed by atoms with Gasteiger partial charge in [-0.2, -0.15) is 0 Å². The van der Waals surface area contributed by atoms with Crippen LogP contribution >= 0.6 is 22.7 Å². The molecule has 4 heterocycles. The lowest BCUT2D eigenvalue weighted by molar-refractivity contribution is 0.414. The van der Waals surface area contributed by atoms with Gasteiger partial charge in [0.15, 0.2) is 23.0 Å². The molecule has 0 amide bonds. The van der Waals surface area contributed by atoms with E-state index in [0.29, 0.717) is 23.0 Å². The van der Waals surface area contributed by atoms with E-state index in [2.05, 4.69) is 9.97 Å². The molecule has 0 N–H and O–H groups in total. The molecule has 0 aliphatic carbocycles. The van der Waals surface area contributed by atoms with Crippen LogP contribution in [0.3, 0.4) is 0 Å². The van der Waals surface area contributed by atoms with Crippen LogP contribution < -0.4 is 9.47 Å². The number of thiazole rings is 2. The Morgan fingerprint density at radius 3 is 1.38 bits per heavy atom. The van der Waals surface area contributed by atoms with Crippen LogP contribution in [0.2, 0.25) is 0 Å². The zero-order chi connectivity index (χ0) is 21.7. The molecule has 6 nitrogen and oxygen atoms in total. The Balaban J connectivity index is 1.53. The molecule has 0 saturated heterocycles. The van der Waals surface area contributed by atoms with E-state index in [9.17, 15) is 0 Å². The first-order valence-electron chi connectivity index (χ1n) is 9.78. The summed E-state index contributed by atoms with van der Waals surface area (Å²) in [7, 11) is 3.30. The van der Waals surface area contributed by atoms with Gasteiger partial charge in [0.25, 0.3) is 0 Å². The van der Waals surface area contributed by atoms with Crippen LogP contribution in [0.25, 0.3) is 54.6 Å². The van der Waals surface area contributed by atoms with Crippen molar-refractivity contribution in [2.24, 2.45) is 0 Å². The molecule has 0 bridgehead atoms. The van der Waals surface area contributed by atoms with E-state index in [1.807, 2.05) is 59.6 Å². The van der Waals surface area contributed by atoms with Crippen LogP contribution in [0.15, 0.2) is 68.4 Å². The van der Waals surface area contributed by atoms with Crippen LogP contribution in [0.5, 0.6) is 11.5 Å². The smallest absolute Gasteiger partial charge is 0.191 e.